The Morgan fingerprint density at radius 2 is 1.75 bits per heavy atom. The van der Waals surface area contributed by atoms with E-state index in [4.69, 9.17) is 44.4 Å². The topological polar surface area (TPSA) is 72.2 Å². The fraction of sp³-hybridized carbons (Fsp3) is 0.735. The van der Waals surface area contributed by atoms with E-state index >= 15 is 0 Å². The first kappa shape index (κ1) is 39.7. The quantitative estimate of drug-likeness (QED) is 0.117. The molecule has 1 aliphatic rings. The van der Waals surface area contributed by atoms with E-state index in [1.54, 1.807) is 21.3 Å². The molecule has 1 aromatic rings. The number of halogens is 1. The van der Waals surface area contributed by atoms with Crippen molar-refractivity contribution >= 4 is 42.0 Å². The van der Waals surface area contributed by atoms with Crippen molar-refractivity contribution in [2.24, 2.45) is 0 Å². The van der Waals surface area contributed by atoms with Crippen molar-refractivity contribution in [1.82, 2.24) is 4.98 Å². The van der Waals surface area contributed by atoms with Crippen molar-refractivity contribution in [2.45, 2.75) is 136 Å². The normalized spacial score (nSPS) is 24.0. The van der Waals surface area contributed by atoms with Crippen LogP contribution in [0.2, 0.25) is 31.4 Å². The zero-order valence-electron chi connectivity index (χ0n) is 29.6. The molecule has 5 atom stereocenters. The predicted molar refractivity (Wildman–Crippen MR) is 187 cm³/mol. The summed E-state index contributed by atoms with van der Waals surface area (Å²) < 4.78 is 39.4. The van der Waals surface area contributed by atoms with Crippen LogP contribution in [0.1, 0.15) is 73.6 Å². The molecule has 2 rings (SSSR count). The molecule has 0 N–H and O–H groups in total. The molecule has 1 aliphatic heterocycles. The van der Waals surface area contributed by atoms with Crippen LogP contribution in [0, 0.1) is 0 Å². The molecule has 44 heavy (non-hydrogen) atoms. The Morgan fingerprint density at radius 3 is 2.23 bits per heavy atom. The summed E-state index contributed by atoms with van der Waals surface area (Å²) in [5.74, 6) is -0.312. The molecule has 2 heterocycles. The Balaban J connectivity index is 2.58. The molecule has 1 fully saturated rings. The van der Waals surface area contributed by atoms with Gasteiger partial charge >= 0.3 is 232 Å². The molecule has 7 nitrogen and oxygen atoms in total. The molecule has 0 amide bonds. The molecular formula is C34H60ClNO6SiSn. The molecule has 0 spiro atoms. The van der Waals surface area contributed by atoms with E-state index in [-0.39, 0.29) is 24.4 Å². The number of hydrogen-bond acceptors (Lipinski definition) is 7. The maximum absolute atomic E-state index is 7.46. The Labute approximate surface area is 278 Å². The van der Waals surface area contributed by atoms with Crippen LogP contribution in [0.5, 0.6) is 0 Å². The zero-order chi connectivity index (χ0) is 33.3. The average Bonchev–Trinajstić information content (AvgIpc) is 3.43. The third kappa shape index (κ3) is 10.5. The Bertz CT molecular complexity index is 1080. The van der Waals surface area contributed by atoms with Crippen LogP contribution >= 0.6 is 11.6 Å². The van der Waals surface area contributed by atoms with Crippen molar-refractivity contribution in [3.05, 3.63) is 47.6 Å². The fourth-order valence-corrected chi connectivity index (χ4v) is 14.7. The second kappa shape index (κ2) is 17.6. The van der Waals surface area contributed by atoms with Crippen LogP contribution < -0.4 is 3.71 Å². The molecular weight excluding hydrogens is 701 g/mol. The molecule has 0 aromatic carbocycles. The summed E-state index contributed by atoms with van der Waals surface area (Å²) in [5.41, 5.74) is 3.85. The molecule has 10 heteroatoms. The first-order valence-corrected chi connectivity index (χ1v) is 28.7. The molecule has 252 valence electrons. The van der Waals surface area contributed by atoms with E-state index in [2.05, 4.69) is 81.5 Å². The van der Waals surface area contributed by atoms with Gasteiger partial charge in [-0.15, -0.1) is 0 Å². The molecule has 0 saturated carbocycles. The number of nitrogens with zero attached hydrogens (tertiary/aromatic N) is 1. The van der Waals surface area contributed by atoms with Crippen molar-refractivity contribution in [2.75, 3.05) is 21.3 Å². The van der Waals surface area contributed by atoms with Gasteiger partial charge in [-0.05, 0) is 6.42 Å². The molecule has 1 aromatic heterocycles. The summed E-state index contributed by atoms with van der Waals surface area (Å²) >= 11 is 3.36. The van der Waals surface area contributed by atoms with Gasteiger partial charge in [0.1, 0.15) is 0 Å². The first-order valence-electron chi connectivity index (χ1n) is 16.1. The average molecular weight is 761 g/mol. The number of methoxy groups -OCH3 is 3. The van der Waals surface area contributed by atoms with Crippen molar-refractivity contribution < 1.29 is 27.8 Å². The van der Waals surface area contributed by atoms with Gasteiger partial charge in [-0.2, -0.15) is 0 Å². The Morgan fingerprint density at radius 1 is 1.11 bits per heavy atom. The van der Waals surface area contributed by atoms with Gasteiger partial charge in [-0.1, -0.05) is 17.7 Å². The molecule has 0 unspecified atom stereocenters. The second-order valence-electron chi connectivity index (χ2n) is 14.2. The van der Waals surface area contributed by atoms with Crippen molar-refractivity contribution in [1.29, 1.82) is 0 Å². The summed E-state index contributed by atoms with van der Waals surface area (Å²) in [6.45, 7) is 16.0. The third-order valence-electron chi connectivity index (χ3n) is 9.02. The van der Waals surface area contributed by atoms with Crippen molar-refractivity contribution in [3.63, 3.8) is 0 Å². The molecule has 1 saturated heterocycles. The number of ether oxygens (including phenoxy) is 4. The van der Waals surface area contributed by atoms with E-state index in [0.29, 0.717) is 48.2 Å². The monoisotopic (exact) mass is 761 g/mol. The first-order chi connectivity index (χ1) is 20.6. The van der Waals surface area contributed by atoms with Crippen LogP contribution in [-0.2, 0) is 29.8 Å². The van der Waals surface area contributed by atoms with Crippen LogP contribution in [0.4, 0.5) is 0 Å². The van der Waals surface area contributed by atoms with E-state index < -0.39 is 32.5 Å². The number of allylic oxidation sites excluding steroid dienone is 2. The van der Waals surface area contributed by atoms with E-state index in [1.165, 1.54) is 5.54 Å². The van der Waals surface area contributed by atoms with E-state index in [1.807, 2.05) is 12.3 Å². The van der Waals surface area contributed by atoms with Crippen LogP contribution in [0.3, 0.4) is 0 Å². The van der Waals surface area contributed by atoms with Crippen LogP contribution in [0.25, 0.3) is 0 Å². The van der Waals surface area contributed by atoms with E-state index in [0.717, 1.165) is 9.28 Å². The Hall–Kier alpha value is -0.464. The minimum atomic E-state index is -2.40. The SMILES string of the molecule is CO[C@@H]1C[C@H]([C@H](/C=C(C)/C=C/[C@@H](C/C=C/Cl)OC)O[Si](C(C)C)(C(C)C)C(C)C)O[C@@](Cc2n[c]([Sn]([CH3])([CH3])[CH3])co2)(OC)C1. The third-order valence-corrected chi connectivity index (χ3v) is 20.3. The standard InChI is InChI=1S/C31H51ClNO6Si.3CH3.Sn/c1-22(2)40(23(3)4,24(5)6)39-29(18-25(7)13-14-26(34-8)12-11-15-32)28-19-27(35-9)20-31(36-10,38-28)21-30-33-16-17-37-30;;;;/h11,13-15,17-18,22-24,26-29H,12,19-21H2,1-10H3;3*1H3;/b14-13+,15-11+,25-18+;;;;/t26-,27-,28-,29+,31+;;;;/m1..../s1. The fourth-order valence-electron chi connectivity index (χ4n) is 6.60. The Kier molecular flexibility index (Phi) is 15.9. The minimum absolute atomic E-state index is 0.0727. The number of rotatable bonds is 17. The van der Waals surface area contributed by atoms with Gasteiger partial charge in [0, 0.05) is 12.6 Å². The van der Waals surface area contributed by atoms with Gasteiger partial charge in [0.2, 0.25) is 0 Å². The molecule has 0 radical (unpaired) electrons. The summed E-state index contributed by atoms with van der Waals surface area (Å²) in [6.07, 6.45) is 11.7. The van der Waals surface area contributed by atoms with Gasteiger partial charge in [0.05, 0.1) is 6.10 Å². The van der Waals surface area contributed by atoms with Gasteiger partial charge in [0.15, 0.2) is 0 Å². The molecule has 0 bridgehead atoms. The number of hydrogen-bond donors (Lipinski definition) is 0. The maximum atomic E-state index is 7.46. The van der Waals surface area contributed by atoms with Gasteiger partial charge in [-0.25, -0.2) is 0 Å². The van der Waals surface area contributed by atoms with E-state index in [9.17, 15) is 0 Å². The van der Waals surface area contributed by atoms with Gasteiger partial charge in [0.25, 0.3) is 0 Å². The summed E-state index contributed by atoms with van der Waals surface area (Å²) in [6, 6.07) is 0. The molecule has 0 aliphatic carbocycles. The number of oxazole rings is 1. The second-order valence-corrected chi connectivity index (χ2v) is 34.1. The van der Waals surface area contributed by atoms with Crippen LogP contribution in [0.15, 0.2) is 46.1 Å². The summed E-state index contributed by atoms with van der Waals surface area (Å²) in [7, 11) is 2.89. The number of aromatic nitrogens is 1. The zero-order valence-corrected chi connectivity index (χ0v) is 34.2. The summed E-state index contributed by atoms with van der Waals surface area (Å²) in [4.78, 5) is 11.9. The summed E-state index contributed by atoms with van der Waals surface area (Å²) in [5, 5.41) is 0. The van der Waals surface area contributed by atoms with Gasteiger partial charge in [-0.3, -0.25) is 0 Å². The van der Waals surface area contributed by atoms with Gasteiger partial charge < -0.3 is 4.74 Å². The predicted octanol–water partition coefficient (Wildman–Crippen LogP) is 8.52. The van der Waals surface area contributed by atoms with Crippen molar-refractivity contribution in [3.8, 4) is 0 Å². The van der Waals surface area contributed by atoms with Crippen LogP contribution in [-0.4, -0.2) is 83.2 Å².